The first-order valence-corrected chi connectivity index (χ1v) is 18.2. The zero-order chi connectivity index (χ0) is 7.33. The number of hydrogen-bond donors (Lipinski definition) is 0. The second-order valence-electron chi connectivity index (χ2n) is 2.04. The molecule has 0 saturated heterocycles. The summed E-state index contributed by atoms with van der Waals surface area (Å²) < 4.78 is 2.04. The molecule has 0 saturated carbocycles. The summed E-state index contributed by atoms with van der Waals surface area (Å²) in [5, 5.41) is 0. The van der Waals surface area contributed by atoms with Crippen LogP contribution in [0.4, 0.5) is 0 Å². The van der Waals surface area contributed by atoms with E-state index in [4.69, 9.17) is 16.6 Å². The van der Waals surface area contributed by atoms with Crippen molar-refractivity contribution in [3.63, 3.8) is 0 Å². The van der Waals surface area contributed by atoms with E-state index in [0.717, 1.165) is 14.4 Å². The van der Waals surface area contributed by atoms with Crippen LogP contribution in [0.2, 0.25) is 7.96 Å². The maximum atomic E-state index is 6.04. The Balaban J connectivity index is 3.44. The molecule has 0 atom stereocenters. The molecule has 0 aromatic carbocycles. The predicted octanol–water partition coefficient (Wildman–Crippen LogP) is 3.50. The molecule has 0 spiro atoms. The van der Waals surface area contributed by atoms with E-state index in [1.807, 2.05) is 6.08 Å². The van der Waals surface area contributed by atoms with E-state index in [-0.39, 0.29) is 0 Å². The normalized spacial score (nSPS) is 11.4. The first-order valence-electron chi connectivity index (χ1n) is 3.11. The van der Waals surface area contributed by atoms with Crippen molar-refractivity contribution in [2.45, 2.75) is 21.3 Å². The van der Waals surface area contributed by atoms with Gasteiger partial charge in [-0.25, -0.2) is 0 Å². The van der Waals surface area contributed by atoms with Crippen LogP contribution < -0.4 is 0 Å². The Hall–Kier alpha value is 1.24. The first kappa shape index (κ1) is 10.2. The second kappa shape index (κ2) is 4.97. The van der Waals surface area contributed by atoms with E-state index in [1.165, 1.54) is 0 Å². The molecular weight excluding hydrogens is 350 g/mol. The minimum absolute atomic E-state index is 0.988. The maximum absolute atomic E-state index is 6.04. The number of allylic oxidation sites excluding steroid dienone is 1. The molecule has 0 fully saturated rings. The van der Waals surface area contributed by atoms with Crippen LogP contribution >= 0.6 is 16.6 Å². The summed E-state index contributed by atoms with van der Waals surface area (Å²) in [6.07, 6.45) is 2.87. The van der Waals surface area contributed by atoms with Crippen molar-refractivity contribution in [2.75, 3.05) is 0 Å². The molecule has 0 amide bonds. The first-order chi connectivity index (χ1) is 4.12. The standard InChI is InChI=1S/C4H7.C2H5.2ClH.Pb/c1-3-4-2;1-2;;;/h3H,1-2,4H2;1H2,2H3;2*1H;/q;;;;+2/p-2. The molecule has 9 heavy (non-hydrogen) atoms. The van der Waals surface area contributed by atoms with Gasteiger partial charge in [-0.05, 0) is 0 Å². The Kier molecular flexibility index (Phi) is 5.65. The van der Waals surface area contributed by atoms with Gasteiger partial charge in [0.2, 0.25) is 0 Å². The predicted molar refractivity (Wildman–Crippen MR) is 47.6 cm³/mol. The van der Waals surface area contributed by atoms with Gasteiger partial charge in [-0.2, -0.15) is 0 Å². The van der Waals surface area contributed by atoms with Gasteiger partial charge < -0.3 is 0 Å². The van der Waals surface area contributed by atoms with E-state index in [2.05, 4.69) is 13.5 Å². The molecule has 0 aromatic heterocycles. The van der Waals surface area contributed by atoms with Crippen LogP contribution in [0.15, 0.2) is 12.7 Å². The summed E-state index contributed by atoms with van der Waals surface area (Å²) in [7, 11) is 12.1. The fraction of sp³-hybridized carbons (Fsp3) is 0.667. The van der Waals surface area contributed by atoms with Crippen LogP contribution in [-0.2, 0) is 0 Å². The summed E-state index contributed by atoms with van der Waals surface area (Å²) in [4.78, 5) is 0. The topological polar surface area (TPSA) is 0 Å². The zero-order valence-electron chi connectivity index (χ0n) is 5.66. The second-order valence-corrected chi connectivity index (χ2v) is 27.8. The molecule has 0 radical (unpaired) electrons. The van der Waals surface area contributed by atoms with Crippen molar-refractivity contribution in [3.05, 3.63) is 12.7 Å². The monoisotopic (exact) mass is 362 g/mol. The van der Waals surface area contributed by atoms with E-state index in [0.29, 0.717) is 0 Å². The zero-order valence-corrected chi connectivity index (χ0v) is 11.1. The molecule has 0 aliphatic heterocycles. The molecule has 0 nitrogen and oxygen atoms in total. The molecule has 3 heteroatoms. The molecule has 0 aliphatic rings. The Bertz CT molecular complexity index is 91.1. The van der Waals surface area contributed by atoms with Gasteiger partial charge in [-0.15, -0.1) is 0 Å². The average Bonchev–Trinajstić information content (AvgIpc) is 1.84. The van der Waals surface area contributed by atoms with E-state index >= 15 is 0 Å². The van der Waals surface area contributed by atoms with Crippen molar-refractivity contribution in [3.8, 4) is 0 Å². The van der Waals surface area contributed by atoms with Gasteiger partial charge in [0.05, 0.1) is 0 Å². The van der Waals surface area contributed by atoms with E-state index in [1.54, 1.807) is 0 Å². The molecule has 0 unspecified atom stereocenters. The molecule has 54 valence electrons. The van der Waals surface area contributed by atoms with Gasteiger partial charge in [0, 0.05) is 0 Å². The Labute approximate surface area is 68.8 Å². The van der Waals surface area contributed by atoms with Crippen LogP contribution in [-0.4, -0.2) is 18.7 Å². The van der Waals surface area contributed by atoms with Crippen LogP contribution in [0, 0.1) is 0 Å². The fourth-order valence-electron chi connectivity index (χ4n) is 0.490. The molecule has 0 rings (SSSR count). The quantitative estimate of drug-likeness (QED) is 0.531. The Morgan fingerprint density at radius 2 is 2.11 bits per heavy atom. The van der Waals surface area contributed by atoms with Crippen molar-refractivity contribution in [1.29, 1.82) is 0 Å². The van der Waals surface area contributed by atoms with E-state index < -0.39 is 18.7 Å². The summed E-state index contributed by atoms with van der Waals surface area (Å²) in [6.45, 7) is 5.69. The average molecular weight is 362 g/mol. The summed E-state index contributed by atoms with van der Waals surface area (Å²) >= 11 is -2.60. The van der Waals surface area contributed by atoms with Crippen molar-refractivity contribution < 1.29 is 0 Å². The third-order valence-electron chi connectivity index (χ3n) is 1.23. The van der Waals surface area contributed by atoms with Crippen LogP contribution in [0.3, 0.4) is 0 Å². The summed E-state index contributed by atoms with van der Waals surface area (Å²) in [5.74, 6) is 0. The van der Waals surface area contributed by atoms with Crippen molar-refractivity contribution >= 4 is 35.4 Å². The SMILES string of the molecule is C=CC[CH2][Pb]([Cl])([Cl])[CH2]C. The molecular formula is C6H12Cl2Pb. The van der Waals surface area contributed by atoms with Gasteiger partial charge in [0.25, 0.3) is 0 Å². The fourth-order valence-corrected chi connectivity index (χ4v) is 6.21. The van der Waals surface area contributed by atoms with Gasteiger partial charge >= 0.3 is 69.3 Å². The third-order valence-corrected chi connectivity index (χ3v) is 17.2. The van der Waals surface area contributed by atoms with Gasteiger partial charge in [0.1, 0.15) is 0 Å². The number of rotatable bonds is 4. The summed E-state index contributed by atoms with van der Waals surface area (Å²) in [5.41, 5.74) is 0. The van der Waals surface area contributed by atoms with Gasteiger partial charge in [-0.3, -0.25) is 0 Å². The third kappa shape index (κ3) is 5.67. The van der Waals surface area contributed by atoms with Gasteiger partial charge in [-0.1, -0.05) is 0 Å². The number of halogens is 2. The number of hydrogen-bond acceptors (Lipinski definition) is 0. The van der Waals surface area contributed by atoms with Crippen LogP contribution in [0.1, 0.15) is 13.3 Å². The van der Waals surface area contributed by atoms with E-state index in [9.17, 15) is 0 Å². The Morgan fingerprint density at radius 1 is 1.56 bits per heavy atom. The molecule has 0 aliphatic carbocycles. The minimum atomic E-state index is -2.60. The molecule has 0 aromatic rings. The van der Waals surface area contributed by atoms with Gasteiger partial charge in [0.15, 0.2) is 0 Å². The van der Waals surface area contributed by atoms with Crippen LogP contribution in [0.25, 0.3) is 0 Å². The molecule has 0 N–H and O–H groups in total. The molecule has 0 bridgehead atoms. The van der Waals surface area contributed by atoms with Crippen LogP contribution in [0.5, 0.6) is 0 Å². The van der Waals surface area contributed by atoms with Crippen molar-refractivity contribution in [1.82, 2.24) is 0 Å². The Morgan fingerprint density at radius 3 is 2.44 bits per heavy atom. The van der Waals surface area contributed by atoms with Crippen molar-refractivity contribution in [2.24, 2.45) is 0 Å². The summed E-state index contributed by atoms with van der Waals surface area (Å²) in [6, 6.07) is 0. The molecule has 0 heterocycles.